The van der Waals surface area contributed by atoms with Crippen molar-refractivity contribution >= 4 is 27.5 Å². The van der Waals surface area contributed by atoms with Crippen LogP contribution in [0.15, 0.2) is 164 Å². The van der Waals surface area contributed by atoms with Crippen LogP contribution in [0.5, 0.6) is 0 Å². The summed E-state index contributed by atoms with van der Waals surface area (Å²) < 4.78 is 4.57. The van der Waals surface area contributed by atoms with Gasteiger partial charge in [0.15, 0.2) is 0 Å². The van der Waals surface area contributed by atoms with Gasteiger partial charge in [-0.15, -0.1) is 0 Å². The summed E-state index contributed by atoms with van der Waals surface area (Å²) in [4.78, 5) is 5.07. The summed E-state index contributed by atoms with van der Waals surface area (Å²) in [5, 5.41) is 2.54. The van der Waals surface area contributed by atoms with Gasteiger partial charge in [-0.3, -0.25) is 4.40 Å². The molecule has 9 aromatic rings. The largest absolute Gasteiger partial charge is 0.309 e. The lowest BCUT2D eigenvalue weighted by Gasteiger charge is -2.14. The lowest BCUT2D eigenvalue weighted by atomic mass is 9.91. The zero-order chi connectivity index (χ0) is 32.2. The normalized spacial score (nSPS) is 11.5. The fourth-order valence-corrected chi connectivity index (χ4v) is 7.25. The van der Waals surface area contributed by atoms with Crippen molar-refractivity contribution in [2.24, 2.45) is 0 Å². The van der Waals surface area contributed by atoms with E-state index in [4.69, 9.17) is 4.98 Å². The van der Waals surface area contributed by atoms with E-state index in [0.717, 1.165) is 28.2 Å². The van der Waals surface area contributed by atoms with Gasteiger partial charge in [0.25, 0.3) is 0 Å². The quantitative estimate of drug-likeness (QED) is 0.189. The van der Waals surface area contributed by atoms with Crippen LogP contribution in [-0.2, 0) is 0 Å². The average molecular weight is 616 g/mol. The van der Waals surface area contributed by atoms with E-state index in [2.05, 4.69) is 181 Å². The number of para-hydroxylation sites is 2. The molecular weight excluding hydrogens is 583 g/mol. The highest BCUT2D eigenvalue weighted by atomic mass is 15.0. The molecule has 0 aliphatic rings. The first-order valence-corrected chi connectivity index (χ1v) is 16.5. The van der Waals surface area contributed by atoms with E-state index in [1.54, 1.807) is 0 Å². The first-order valence-electron chi connectivity index (χ1n) is 16.5. The average Bonchev–Trinajstić information content (AvgIpc) is 3.68. The maximum Gasteiger partial charge on any atom is 0.137 e. The second-order valence-electron chi connectivity index (χ2n) is 12.6. The van der Waals surface area contributed by atoms with Crippen LogP contribution < -0.4 is 0 Å². The minimum absolute atomic E-state index is 0.942. The molecule has 0 aliphatic heterocycles. The third-order valence-electron chi connectivity index (χ3n) is 9.63. The summed E-state index contributed by atoms with van der Waals surface area (Å²) in [6.07, 6.45) is 2.09. The Balaban J connectivity index is 1.14. The summed E-state index contributed by atoms with van der Waals surface area (Å²) in [5.74, 6) is 0. The predicted octanol–water partition coefficient (Wildman–Crippen LogP) is 11.7. The SMILES string of the molecule is Cc1ccc(-c2ccc(-c3nc4ccccn4c3-c3ccccc3)cc2)cc1-c1cc2c3ccccc3n(-c3ccccc3)c2cc1C. The molecule has 9 rings (SSSR count). The molecule has 0 radical (unpaired) electrons. The number of hydrogen-bond acceptors (Lipinski definition) is 1. The Hall–Kier alpha value is -6.19. The van der Waals surface area contributed by atoms with Crippen LogP contribution in [0, 0.1) is 13.8 Å². The zero-order valence-corrected chi connectivity index (χ0v) is 26.9. The Labute approximate surface area is 280 Å². The van der Waals surface area contributed by atoms with E-state index < -0.39 is 0 Å². The lowest BCUT2D eigenvalue weighted by Crippen LogP contribution is -1.94. The summed E-state index contributed by atoms with van der Waals surface area (Å²) in [5.41, 5.74) is 16.4. The van der Waals surface area contributed by atoms with Crippen molar-refractivity contribution in [3.05, 3.63) is 175 Å². The number of fused-ring (bicyclic) bond motifs is 4. The van der Waals surface area contributed by atoms with E-state index >= 15 is 0 Å². The van der Waals surface area contributed by atoms with E-state index in [9.17, 15) is 0 Å². The van der Waals surface area contributed by atoms with Gasteiger partial charge >= 0.3 is 0 Å². The van der Waals surface area contributed by atoms with E-state index in [-0.39, 0.29) is 0 Å². The van der Waals surface area contributed by atoms with Crippen molar-refractivity contribution in [1.29, 1.82) is 0 Å². The molecule has 0 bridgehead atoms. The van der Waals surface area contributed by atoms with Crippen LogP contribution in [0.25, 0.3) is 77.9 Å². The Kier molecular flexibility index (Phi) is 6.58. The molecule has 0 fully saturated rings. The van der Waals surface area contributed by atoms with E-state index in [1.807, 2.05) is 6.07 Å². The van der Waals surface area contributed by atoms with Gasteiger partial charge in [0, 0.05) is 33.8 Å². The number of benzene rings is 6. The predicted molar refractivity (Wildman–Crippen MR) is 201 cm³/mol. The van der Waals surface area contributed by atoms with Crippen LogP contribution in [0.3, 0.4) is 0 Å². The third kappa shape index (κ3) is 4.55. The summed E-state index contributed by atoms with van der Waals surface area (Å²) >= 11 is 0. The number of nitrogens with zero attached hydrogens (tertiary/aromatic N) is 3. The minimum atomic E-state index is 0.942. The molecule has 0 N–H and O–H groups in total. The van der Waals surface area contributed by atoms with Gasteiger partial charge in [-0.1, -0.05) is 109 Å². The monoisotopic (exact) mass is 615 g/mol. The Bertz CT molecular complexity index is 2610. The van der Waals surface area contributed by atoms with Crippen molar-refractivity contribution < 1.29 is 0 Å². The molecule has 0 atom stereocenters. The highest BCUT2D eigenvalue weighted by Crippen LogP contribution is 2.39. The van der Waals surface area contributed by atoms with Crippen molar-refractivity contribution in [3.63, 3.8) is 0 Å². The lowest BCUT2D eigenvalue weighted by molar-refractivity contribution is 1.18. The Morgan fingerprint density at radius 2 is 1.12 bits per heavy atom. The summed E-state index contributed by atoms with van der Waals surface area (Å²) in [6.45, 7) is 4.45. The standard InChI is InChI=1S/C45H33N3/c1-30-20-21-35(32-22-24-33(25-23-32)44-45(34-13-5-3-6-14-34)47-26-12-11-19-43(47)46-44)28-38(30)39-29-40-37-17-9-10-18-41(37)48(42(40)27-31(39)2)36-15-7-4-8-16-36/h3-29H,1-2H3. The van der Waals surface area contributed by atoms with Gasteiger partial charge in [0.1, 0.15) is 5.65 Å². The van der Waals surface area contributed by atoms with Crippen molar-refractivity contribution in [3.8, 4) is 50.5 Å². The molecule has 0 aliphatic carbocycles. The van der Waals surface area contributed by atoms with Crippen LogP contribution in [0.2, 0.25) is 0 Å². The van der Waals surface area contributed by atoms with Gasteiger partial charge in [-0.05, 0) is 95.8 Å². The molecule has 0 spiro atoms. The molecule has 0 saturated carbocycles. The molecule has 3 nitrogen and oxygen atoms in total. The molecule has 0 saturated heterocycles. The molecular formula is C45H33N3. The molecule has 6 aromatic carbocycles. The van der Waals surface area contributed by atoms with Crippen LogP contribution in [0.1, 0.15) is 11.1 Å². The second kappa shape index (κ2) is 11.3. The second-order valence-corrected chi connectivity index (χ2v) is 12.6. The zero-order valence-electron chi connectivity index (χ0n) is 26.9. The van der Waals surface area contributed by atoms with Crippen molar-refractivity contribution in [2.45, 2.75) is 13.8 Å². The first-order chi connectivity index (χ1) is 23.6. The molecule has 0 amide bonds. The Morgan fingerprint density at radius 1 is 0.458 bits per heavy atom. The van der Waals surface area contributed by atoms with Crippen LogP contribution >= 0.6 is 0 Å². The van der Waals surface area contributed by atoms with Crippen LogP contribution in [-0.4, -0.2) is 14.0 Å². The maximum absolute atomic E-state index is 5.07. The number of imidazole rings is 1. The van der Waals surface area contributed by atoms with E-state index in [0.29, 0.717) is 0 Å². The fourth-order valence-electron chi connectivity index (χ4n) is 7.25. The Morgan fingerprint density at radius 3 is 1.94 bits per heavy atom. The topological polar surface area (TPSA) is 22.2 Å². The number of aromatic nitrogens is 3. The highest BCUT2D eigenvalue weighted by molar-refractivity contribution is 6.11. The summed E-state index contributed by atoms with van der Waals surface area (Å²) in [6, 6.07) is 56.6. The van der Waals surface area contributed by atoms with Gasteiger partial charge in [0.2, 0.25) is 0 Å². The molecule has 3 heterocycles. The third-order valence-corrected chi connectivity index (χ3v) is 9.63. The maximum atomic E-state index is 5.07. The molecule has 3 aromatic heterocycles. The first kappa shape index (κ1) is 28.1. The number of hydrogen-bond donors (Lipinski definition) is 0. The van der Waals surface area contributed by atoms with Crippen LogP contribution in [0.4, 0.5) is 0 Å². The van der Waals surface area contributed by atoms with Gasteiger partial charge < -0.3 is 4.57 Å². The van der Waals surface area contributed by atoms with Gasteiger partial charge in [-0.25, -0.2) is 4.98 Å². The molecule has 48 heavy (non-hydrogen) atoms. The fraction of sp³-hybridized carbons (Fsp3) is 0.0444. The van der Waals surface area contributed by atoms with Crippen molar-refractivity contribution in [2.75, 3.05) is 0 Å². The number of rotatable bonds is 5. The van der Waals surface area contributed by atoms with Crippen molar-refractivity contribution in [1.82, 2.24) is 14.0 Å². The van der Waals surface area contributed by atoms with Gasteiger partial charge in [-0.2, -0.15) is 0 Å². The molecule has 3 heteroatoms. The summed E-state index contributed by atoms with van der Waals surface area (Å²) in [7, 11) is 0. The minimum Gasteiger partial charge on any atom is -0.309 e. The van der Waals surface area contributed by atoms with Gasteiger partial charge in [0.05, 0.1) is 22.4 Å². The highest BCUT2D eigenvalue weighted by Gasteiger charge is 2.18. The number of aryl methyl sites for hydroxylation is 2. The molecule has 228 valence electrons. The molecule has 0 unspecified atom stereocenters. The van der Waals surface area contributed by atoms with E-state index in [1.165, 1.54) is 60.9 Å². The number of pyridine rings is 1. The smallest absolute Gasteiger partial charge is 0.137 e.